The molecule has 0 spiro atoms. The zero-order valence-electron chi connectivity index (χ0n) is 11.0. The van der Waals surface area contributed by atoms with Crippen molar-refractivity contribution < 1.29 is 13.2 Å². The van der Waals surface area contributed by atoms with Gasteiger partial charge in [0.2, 0.25) is 10.0 Å². The molecule has 1 saturated heterocycles. The number of rotatable bonds is 4. The molecule has 2 unspecified atom stereocenters. The van der Waals surface area contributed by atoms with Crippen molar-refractivity contribution in [2.24, 2.45) is 5.73 Å². The van der Waals surface area contributed by atoms with Gasteiger partial charge in [0, 0.05) is 19.1 Å². The van der Waals surface area contributed by atoms with Crippen LogP contribution < -0.4 is 5.73 Å². The summed E-state index contributed by atoms with van der Waals surface area (Å²) in [6.07, 6.45) is -0.207. The number of benzene rings is 1. The summed E-state index contributed by atoms with van der Waals surface area (Å²) in [6.45, 7) is 2.93. The summed E-state index contributed by atoms with van der Waals surface area (Å²) in [5, 5.41) is 0. The average molecular weight is 284 g/mol. The van der Waals surface area contributed by atoms with E-state index in [1.165, 1.54) is 4.31 Å². The first kappa shape index (κ1) is 14.5. The Morgan fingerprint density at radius 3 is 2.68 bits per heavy atom. The highest BCUT2D eigenvalue weighted by Gasteiger charge is 2.33. The average Bonchev–Trinajstić information content (AvgIpc) is 2.39. The molecule has 106 valence electrons. The second-order valence-electron chi connectivity index (χ2n) is 4.85. The molecule has 1 aromatic rings. The van der Waals surface area contributed by atoms with Crippen LogP contribution in [-0.2, 0) is 20.5 Å². The zero-order chi connectivity index (χ0) is 13.9. The van der Waals surface area contributed by atoms with Crippen LogP contribution in [0.1, 0.15) is 12.5 Å². The Kier molecular flexibility index (Phi) is 4.57. The van der Waals surface area contributed by atoms with E-state index in [2.05, 4.69) is 0 Å². The number of hydrogen-bond acceptors (Lipinski definition) is 4. The molecule has 0 amide bonds. The van der Waals surface area contributed by atoms with Gasteiger partial charge >= 0.3 is 0 Å². The number of nitrogens with two attached hydrogens (primary N) is 1. The van der Waals surface area contributed by atoms with E-state index in [-0.39, 0.29) is 17.9 Å². The molecule has 1 aliphatic rings. The van der Waals surface area contributed by atoms with Crippen molar-refractivity contribution in [2.45, 2.75) is 24.8 Å². The van der Waals surface area contributed by atoms with Crippen molar-refractivity contribution in [3.8, 4) is 0 Å². The lowest BCUT2D eigenvalue weighted by Gasteiger charge is -2.36. The quantitative estimate of drug-likeness (QED) is 0.877. The lowest BCUT2D eigenvalue weighted by Crippen LogP contribution is -2.53. The molecule has 2 rings (SSSR count). The summed E-state index contributed by atoms with van der Waals surface area (Å²) in [5.74, 6) is 0.0233. The Morgan fingerprint density at radius 1 is 1.37 bits per heavy atom. The number of sulfonamides is 1. The van der Waals surface area contributed by atoms with Gasteiger partial charge in [-0.15, -0.1) is 0 Å². The van der Waals surface area contributed by atoms with E-state index in [4.69, 9.17) is 10.5 Å². The largest absolute Gasteiger partial charge is 0.374 e. The minimum Gasteiger partial charge on any atom is -0.374 e. The van der Waals surface area contributed by atoms with E-state index in [1.807, 2.05) is 37.3 Å². The highest BCUT2D eigenvalue weighted by Crippen LogP contribution is 2.19. The van der Waals surface area contributed by atoms with Crippen molar-refractivity contribution >= 4 is 10.0 Å². The molecule has 1 fully saturated rings. The molecule has 0 radical (unpaired) electrons. The van der Waals surface area contributed by atoms with Gasteiger partial charge in [0.15, 0.2) is 0 Å². The molecule has 5 nitrogen and oxygen atoms in total. The Hall–Kier alpha value is -0.950. The maximum absolute atomic E-state index is 12.5. The van der Waals surface area contributed by atoms with Crippen molar-refractivity contribution in [3.63, 3.8) is 0 Å². The van der Waals surface area contributed by atoms with Crippen molar-refractivity contribution in [1.29, 1.82) is 0 Å². The van der Waals surface area contributed by atoms with E-state index in [0.29, 0.717) is 19.7 Å². The molecular formula is C13H20N2O3S. The molecule has 0 aromatic heterocycles. The van der Waals surface area contributed by atoms with E-state index in [0.717, 1.165) is 5.56 Å². The smallest absolute Gasteiger partial charge is 0.218 e. The summed E-state index contributed by atoms with van der Waals surface area (Å²) >= 11 is 0. The minimum atomic E-state index is -3.33. The maximum atomic E-state index is 12.5. The number of nitrogens with zero attached hydrogens (tertiary/aromatic N) is 1. The van der Waals surface area contributed by atoms with E-state index in [9.17, 15) is 8.42 Å². The molecule has 0 saturated carbocycles. The molecule has 1 heterocycles. The summed E-state index contributed by atoms with van der Waals surface area (Å²) in [6, 6.07) is 9.06. The van der Waals surface area contributed by atoms with Crippen LogP contribution in [0, 0.1) is 0 Å². The molecule has 0 bridgehead atoms. The van der Waals surface area contributed by atoms with Crippen LogP contribution in [0.3, 0.4) is 0 Å². The normalized spacial score (nSPS) is 25.4. The Bertz CT molecular complexity index is 504. The fourth-order valence-corrected chi connectivity index (χ4v) is 3.97. The van der Waals surface area contributed by atoms with Crippen LogP contribution in [0.25, 0.3) is 0 Å². The first-order valence-electron chi connectivity index (χ1n) is 6.38. The Labute approximate surface area is 114 Å². The molecule has 0 aliphatic carbocycles. The predicted molar refractivity (Wildman–Crippen MR) is 74.0 cm³/mol. The molecule has 2 N–H and O–H groups in total. The topological polar surface area (TPSA) is 72.6 Å². The van der Waals surface area contributed by atoms with Crippen molar-refractivity contribution in [2.75, 3.05) is 19.7 Å². The summed E-state index contributed by atoms with van der Waals surface area (Å²) < 4.78 is 31.9. The van der Waals surface area contributed by atoms with Gasteiger partial charge in [-0.2, -0.15) is 4.31 Å². The predicted octanol–water partition coefficient (Wildman–Crippen LogP) is 0.564. The molecule has 1 aliphatic heterocycles. The van der Waals surface area contributed by atoms with Gasteiger partial charge < -0.3 is 10.5 Å². The third-order valence-corrected chi connectivity index (χ3v) is 5.18. The fraction of sp³-hybridized carbons (Fsp3) is 0.538. The van der Waals surface area contributed by atoms with E-state index >= 15 is 0 Å². The van der Waals surface area contributed by atoms with Gasteiger partial charge in [0.25, 0.3) is 0 Å². The van der Waals surface area contributed by atoms with Crippen molar-refractivity contribution in [3.05, 3.63) is 35.9 Å². The third-order valence-electron chi connectivity index (χ3n) is 3.26. The first-order chi connectivity index (χ1) is 9.03. The van der Waals surface area contributed by atoms with E-state index in [1.54, 1.807) is 0 Å². The molecular weight excluding hydrogens is 264 g/mol. The first-order valence-corrected chi connectivity index (χ1v) is 7.99. The zero-order valence-corrected chi connectivity index (χ0v) is 11.8. The van der Waals surface area contributed by atoms with Crippen LogP contribution in [0.2, 0.25) is 0 Å². The fourth-order valence-electron chi connectivity index (χ4n) is 2.19. The summed E-state index contributed by atoms with van der Waals surface area (Å²) in [5.41, 5.74) is 6.36. The highest BCUT2D eigenvalue weighted by atomic mass is 32.2. The number of ether oxygens (including phenoxy) is 1. The van der Waals surface area contributed by atoms with Crippen LogP contribution in [0.5, 0.6) is 0 Å². The maximum Gasteiger partial charge on any atom is 0.218 e. The van der Waals surface area contributed by atoms with Crippen LogP contribution in [-0.4, -0.2) is 44.6 Å². The number of morpholine rings is 1. The van der Waals surface area contributed by atoms with Gasteiger partial charge in [0.1, 0.15) is 0 Å². The minimum absolute atomic E-state index is 0.0233. The third kappa shape index (κ3) is 3.54. The second-order valence-corrected chi connectivity index (χ2v) is 6.77. The number of hydrogen-bond donors (Lipinski definition) is 1. The lowest BCUT2D eigenvalue weighted by atomic mass is 10.2. The van der Waals surface area contributed by atoms with Gasteiger partial charge in [-0.1, -0.05) is 30.3 Å². The SMILES string of the molecule is CC1COC(CN)CN1S(=O)(=O)Cc1ccccc1. The van der Waals surface area contributed by atoms with Gasteiger partial charge in [0.05, 0.1) is 18.5 Å². The lowest BCUT2D eigenvalue weighted by molar-refractivity contribution is -0.0220. The van der Waals surface area contributed by atoms with Crippen LogP contribution in [0.4, 0.5) is 0 Å². The van der Waals surface area contributed by atoms with Gasteiger partial charge in [-0.3, -0.25) is 0 Å². The van der Waals surface area contributed by atoms with Crippen LogP contribution in [0.15, 0.2) is 30.3 Å². The van der Waals surface area contributed by atoms with Crippen molar-refractivity contribution in [1.82, 2.24) is 4.31 Å². The highest BCUT2D eigenvalue weighted by molar-refractivity contribution is 7.88. The second kappa shape index (κ2) is 6.00. The summed E-state index contributed by atoms with van der Waals surface area (Å²) in [4.78, 5) is 0. The van der Waals surface area contributed by atoms with E-state index < -0.39 is 10.0 Å². The molecule has 1 aromatic carbocycles. The molecule has 19 heavy (non-hydrogen) atoms. The van der Waals surface area contributed by atoms with Gasteiger partial charge in [-0.05, 0) is 12.5 Å². The summed E-state index contributed by atoms with van der Waals surface area (Å²) in [7, 11) is -3.33. The monoisotopic (exact) mass is 284 g/mol. The standard InChI is InChI=1S/C13H20N2O3S/c1-11-9-18-13(7-14)8-15(11)19(16,17)10-12-5-3-2-4-6-12/h2-6,11,13H,7-10,14H2,1H3. The molecule has 2 atom stereocenters. The molecule has 6 heteroatoms. The van der Waals surface area contributed by atoms with Gasteiger partial charge in [-0.25, -0.2) is 8.42 Å². The Morgan fingerprint density at radius 2 is 2.05 bits per heavy atom. The van der Waals surface area contributed by atoms with Crippen LogP contribution >= 0.6 is 0 Å². The Balaban J connectivity index is 2.14.